The lowest BCUT2D eigenvalue weighted by Crippen LogP contribution is -2.35. The van der Waals surface area contributed by atoms with Crippen LogP contribution in [-0.4, -0.2) is 26.1 Å². The molecule has 2 N–H and O–H groups in total. The van der Waals surface area contributed by atoms with Gasteiger partial charge in [-0.2, -0.15) is 0 Å². The molecule has 6 heteroatoms. The Morgan fingerprint density at radius 1 is 1.67 bits per heavy atom. The Morgan fingerprint density at radius 3 is 2.89 bits per heavy atom. The molecule has 0 aromatic carbocycles. The third-order valence-electron chi connectivity index (χ3n) is 3.68. The van der Waals surface area contributed by atoms with Crippen LogP contribution in [0.5, 0.6) is 0 Å². The molecule has 0 radical (unpaired) electrons. The fourth-order valence-electron chi connectivity index (χ4n) is 2.89. The van der Waals surface area contributed by atoms with Gasteiger partial charge < -0.3 is 4.98 Å². The van der Waals surface area contributed by atoms with E-state index in [2.05, 4.69) is 9.97 Å². The van der Waals surface area contributed by atoms with Gasteiger partial charge in [0.2, 0.25) is 0 Å². The van der Waals surface area contributed by atoms with Crippen molar-refractivity contribution in [3.63, 3.8) is 0 Å². The van der Waals surface area contributed by atoms with E-state index in [1.807, 2.05) is 0 Å². The lowest BCUT2D eigenvalue weighted by Gasteiger charge is -2.36. The van der Waals surface area contributed by atoms with Crippen LogP contribution in [0.1, 0.15) is 50.2 Å². The zero-order valence-electron chi connectivity index (χ0n) is 10.7. The summed E-state index contributed by atoms with van der Waals surface area (Å²) in [6, 6.07) is -0.874. The maximum absolute atomic E-state index is 14.0. The van der Waals surface area contributed by atoms with Gasteiger partial charge in [0.15, 0.2) is 0 Å². The number of nitrogens with one attached hydrogen (secondary N) is 1. The van der Waals surface area contributed by atoms with Crippen LogP contribution in [0.25, 0.3) is 0 Å². The van der Waals surface area contributed by atoms with Crippen molar-refractivity contribution < 1.29 is 14.1 Å². The Morgan fingerprint density at radius 2 is 2.39 bits per heavy atom. The monoisotopic (exact) mass is 259 g/mol. The molecule has 18 heavy (non-hydrogen) atoms. The Bertz CT molecular complexity index is 406. The molecular formula is C12H19F2N3O. The molecule has 0 saturated heterocycles. The summed E-state index contributed by atoms with van der Waals surface area (Å²) in [5, 5.41) is 8.87. The molecule has 1 aliphatic rings. The van der Waals surface area contributed by atoms with Gasteiger partial charge in [0, 0.05) is 0 Å². The van der Waals surface area contributed by atoms with E-state index in [0.717, 1.165) is 0 Å². The highest BCUT2D eigenvalue weighted by Crippen LogP contribution is 2.42. The number of rotatable bonds is 3. The molecule has 3 atom stereocenters. The fourth-order valence-corrected chi connectivity index (χ4v) is 2.89. The minimum absolute atomic E-state index is 0.247. The number of nitrogens with zero attached hydrogens (tertiary/aromatic N) is 2. The van der Waals surface area contributed by atoms with Gasteiger partial charge >= 0.3 is 0 Å². The Hall–Kier alpha value is -1.01. The van der Waals surface area contributed by atoms with Gasteiger partial charge in [-0.15, -0.1) is 4.48 Å². The zero-order valence-corrected chi connectivity index (χ0v) is 10.7. The van der Waals surface area contributed by atoms with Crippen molar-refractivity contribution in [3.8, 4) is 0 Å². The van der Waals surface area contributed by atoms with Crippen molar-refractivity contribution in [2.24, 2.45) is 5.92 Å². The van der Waals surface area contributed by atoms with Crippen LogP contribution in [0.15, 0.2) is 6.20 Å². The predicted octanol–water partition coefficient (Wildman–Crippen LogP) is 3.25. The van der Waals surface area contributed by atoms with E-state index in [0.29, 0.717) is 30.8 Å². The van der Waals surface area contributed by atoms with Gasteiger partial charge in [0.05, 0.1) is 11.9 Å². The summed E-state index contributed by atoms with van der Waals surface area (Å²) in [5.74, 6) is 0.388. The van der Waals surface area contributed by atoms with Crippen LogP contribution >= 0.6 is 0 Å². The molecule has 102 valence electrons. The molecule has 2 rings (SSSR count). The van der Waals surface area contributed by atoms with Gasteiger partial charge in [-0.05, 0) is 50.7 Å². The lowest BCUT2D eigenvalue weighted by atomic mass is 9.76. The molecule has 1 heterocycles. The van der Waals surface area contributed by atoms with Crippen molar-refractivity contribution in [1.29, 1.82) is 0 Å². The number of aromatic amines is 1. The van der Waals surface area contributed by atoms with Crippen molar-refractivity contribution in [3.05, 3.63) is 17.7 Å². The minimum atomic E-state index is -1.29. The quantitative estimate of drug-likeness (QED) is 0.647. The predicted molar refractivity (Wildman–Crippen MR) is 62.3 cm³/mol. The van der Waals surface area contributed by atoms with E-state index in [1.54, 1.807) is 6.92 Å². The SMILES string of the molecule is Cc1ncc(C(C2CCCC(C)(F)C2)N(O)F)[nH]1. The number of alkyl halides is 1. The number of hydrogen-bond donors (Lipinski definition) is 2. The van der Waals surface area contributed by atoms with E-state index in [1.165, 1.54) is 13.1 Å². The molecule has 1 fully saturated rings. The maximum Gasteiger partial charge on any atom is 0.112 e. The summed E-state index contributed by atoms with van der Waals surface area (Å²) >= 11 is 0. The number of hydroxylamine groups is 1. The van der Waals surface area contributed by atoms with Crippen molar-refractivity contribution in [2.75, 3.05) is 0 Å². The summed E-state index contributed by atoms with van der Waals surface area (Å²) in [5.41, 5.74) is -0.799. The van der Waals surface area contributed by atoms with Gasteiger partial charge in [-0.3, -0.25) is 5.21 Å². The maximum atomic E-state index is 14.0. The zero-order chi connectivity index (χ0) is 13.3. The average molecular weight is 259 g/mol. The summed E-state index contributed by atoms with van der Waals surface area (Å²) in [4.78, 5) is 6.90. The van der Waals surface area contributed by atoms with E-state index in [4.69, 9.17) is 0 Å². The summed E-state index contributed by atoms with van der Waals surface area (Å²) in [6.07, 6.45) is 3.64. The van der Waals surface area contributed by atoms with Crippen molar-refractivity contribution in [2.45, 2.75) is 51.2 Å². The molecule has 1 aromatic heterocycles. The Kier molecular flexibility index (Phi) is 3.68. The number of halogens is 2. The first-order chi connectivity index (χ1) is 8.39. The molecule has 0 spiro atoms. The normalized spacial score (nSPS) is 30.7. The summed E-state index contributed by atoms with van der Waals surface area (Å²) < 4.78 is 27.3. The standard InChI is InChI=1S/C12H19F2N3O/c1-8-15-7-10(16-8)11(17(14)18)9-4-3-5-12(2,13)6-9/h7,9,11,18H,3-6H2,1-2H3,(H,15,16). The Balaban J connectivity index is 2.20. The van der Waals surface area contributed by atoms with E-state index in [9.17, 15) is 14.1 Å². The third-order valence-corrected chi connectivity index (χ3v) is 3.68. The molecule has 0 bridgehead atoms. The van der Waals surface area contributed by atoms with Crippen LogP contribution < -0.4 is 0 Å². The average Bonchev–Trinajstić information content (AvgIpc) is 2.63. The lowest BCUT2D eigenvalue weighted by molar-refractivity contribution is -0.282. The van der Waals surface area contributed by atoms with Crippen LogP contribution in [-0.2, 0) is 0 Å². The second-order valence-electron chi connectivity index (χ2n) is 5.43. The number of H-pyrrole nitrogens is 1. The molecule has 1 aliphatic carbocycles. The smallest absolute Gasteiger partial charge is 0.112 e. The van der Waals surface area contributed by atoms with Crippen LogP contribution in [0.4, 0.5) is 8.87 Å². The van der Waals surface area contributed by atoms with Gasteiger partial charge in [0.25, 0.3) is 0 Å². The van der Waals surface area contributed by atoms with E-state index in [-0.39, 0.29) is 17.6 Å². The fraction of sp³-hybridized carbons (Fsp3) is 0.750. The van der Waals surface area contributed by atoms with Crippen LogP contribution in [0.3, 0.4) is 0 Å². The summed E-state index contributed by atoms with van der Waals surface area (Å²) in [7, 11) is 0. The molecule has 4 nitrogen and oxygen atoms in total. The third kappa shape index (κ3) is 2.87. The van der Waals surface area contributed by atoms with Crippen molar-refractivity contribution >= 4 is 0 Å². The number of aromatic nitrogens is 2. The van der Waals surface area contributed by atoms with E-state index < -0.39 is 11.7 Å². The molecule has 1 aromatic rings. The van der Waals surface area contributed by atoms with Gasteiger partial charge in [0.1, 0.15) is 17.5 Å². The van der Waals surface area contributed by atoms with Gasteiger partial charge in [-0.1, -0.05) is 0 Å². The second kappa shape index (κ2) is 4.93. The van der Waals surface area contributed by atoms with E-state index >= 15 is 0 Å². The largest absolute Gasteiger partial charge is 0.345 e. The highest BCUT2D eigenvalue weighted by molar-refractivity contribution is 5.08. The van der Waals surface area contributed by atoms with Gasteiger partial charge in [-0.25, -0.2) is 9.37 Å². The first-order valence-electron chi connectivity index (χ1n) is 6.23. The summed E-state index contributed by atoms with van der Waals surface area (Å²) in [6.45, 7) is 3.29. The molecule has 0 aliphatic heterocycles. The first-order valence-corrected chi connectivity index (χ1v) is 6.23. The van der Waals surface area contributed by atoms with Crippen molar-refractivity contribution in [1.82, 2.24) is 15.3 Å². The molecular weight excluding hydrogens is 240 g/mol. The molecule has 0 amide bonds. The van der Waals surface area contributed by atoms with Crippen LogP contribution in [0.2, 0.25) is 0 Å². The first kappa shape index (κ1) is 13.4. The molecule has 1 saturated carbocycles. The number of aryl methyl sites for hydroxylation is 1. The topological polar surface area (TPSA) is 52.1 Å². The highest BCUT2D eigenvalue weighted by atomic mass is 19.2. The minimum Gasteiger partial charge on any atom is -0.345 e. The number of imidazole rings is 1. The number of hydrogen-bond acceptors (Lipinski definition) is 3. The second-order valence-corrected chi connectivity index (χ2v) is 5.43. The Labute approximate surface area is 105 Å². The molecule has 3 unspecified atom stereocenters. The van der Waals surface area contributed by atoms with Crippen LogP contribution in [0, 0.1) is 12.8 Å². The highest BCUT2D eigenvalue weighted by Gasteiger charge is 2.39.